The third-order valence-corrected chi connectivity index (χ3v) is 3.63. The average molecular weight is 247 g/mol. The van der Waals surface area contributed by atoms with Gasteiger partial charge in [0.05, 0.1) is 0 Å². The Morgan fingerprint density at radius 2 is 1.94 bits per heavy atom. The van der Waals surface area contributed by atoms with Crippen LogP contribution in [0.1, 0.15) is 11.1 Å². The molecule has 1 fully saturated rings. The summed E-state index contributed by atoms with van der Waals surface area (Å²) in [7, 11) is 4.26. The first-order valence-corrected chi connectivity index (χ1v) is 6.87. The van der Waals surface area contributed by atoms with Crippen molar-refractivity contribution in [3.8, 4) is 0 Å². The van der Waals surface area contributed by atoms with Gasteiger partial charge in [-0.1, -0.05) is 12.1 Å². The number of hydrogen-bond donors (Lipinski definition) is 1. The van der Waals surface area contributed by atoms with Gasteiger partial charge in [0.15, 0.2) is 0 Å². The molecule has 1 saturated heterocycles. The quantitative estimate of drug-likeness (QED) is 0.870. The highest BCUT2D eigenvalue weighted by Crippen LogP contribution is 2.21. The molecule has 0 radical (unpaired) electrons. The number of benzene rings is 1. The van der Waals surface area contributed by atoms with E-state index in [-0.39, 0.29) is 0 Å². The van der Waals surface area contributed by atoms with Crippen molar-refractivity contribution in [2.45, 2.75) is 13.3 Å². The molecule has 3 nitrogen and oxygen atoms in total. The second kappa shape index (κ2) is 6.21. The van der Waals surface area contributed by atoms with Crippen LogP contribution in [0.25, 0.3) is 0 Å². The molecule has 2 rings (SSSR count). The fraction of sp³-hybridized carbons (Fsp3) is 0.600. The van der Waals surface area contributed by atoms with E-state index in [9.17, 15) is 0 Å². The predicted molar refractivity (Wildman–Crippen MR) is 78.5 cm³/mol. The molecule has 1 aliphatic heterocycles. The Bertz CT molecular complexity index is 381. The third kappa shape index (κ3) is 3.47. The van der Waals surface area contributed by atoms with Gasteiger partial charge in [0.25, 0.3) is 0 Å². The maximum Gasteiger partial charge on any atom is 0.0396 e. The second-order valence-corrected chi connectivity index (χ2v) is 5.37. The molecule has 18 heavy (non-hydrogen) atoms. The van der Waals surface area contributed by atoms with Crippen LogP contribution in [-0.2, 0) is 6.42 Å². The van der Waals surface area contributed by atoms with E-state index in [1.165, 1.54) is 36.4 Å². The highest BCUT2D eigenvalue weighted by atomic mass is 15.2. The van der Waals surface area contributed by atoms with E-state index in [1.54, 1.807) is 0 Å². The summed E-state index contributed by atoms with van der Waals surface area (Å²) in [6.45, 7) is 7.97. The lowest BCUT2D eigenvalue weighted by molar-refractivity contribution is 0.244. The lowest BCUT2D eigenvalue weighted by Crippen LogP contribution is -2.44. The Hall–Kier alpha value is -1.06. The van der Waals surface area contributed by atoms with Crippen LogP contribution in [-0.4, -0.2) is 51.7 Å². The van der Waals surface area contributed by atoms with Crippen LogP contribution in [0.3, 0.4) is 0 Å². The molecule has 0 spiro atoms. The Balaban J connectivity index is 1.99. The van der Waals surface area contributed by atoms with Crippen molar-refractivity contribution in [3.63, 3.8) is 0 Å². The minimum atomic E-state index is 1.13. The van der Waals surface area contributed by atoms with Gasteiger partial charge in [-0.3, -0.25) is 0 Å². The first-order chi connectivity index (χ1) is 8.66. The van der Waals surface area contributed by atoms with Crippen LogP contribution in [0.2, 0.25) is 0 Å². The monoisotopic (exact) mass is 247 g/mol. The van der Waals surface area contributed by atoms with E-state index in [0.29, 0.717) is 0 Å². The van der Waals surface area contributed by atoms with Crippen molar-refractivity contribution in [2.24, 2.45) is 0 Å². The van der Waals surface area contributed by atoms with Crippen molar-refractivity contribution < 1.29 is 0 Å². The predicted octanol–water partition coefficient (Wildman–Crippen LogP) is 1.51. The molecule has 1 heterocycles. The fourth-order valence-electron chi connectivity index (χ4n) is 2.51. The van der Waals surface area contributed by atoms with Crippen molar-refractivity contribution in [1.82, 2.24) is 10.2 Å². The standard InChI is InChI=1S/C15H25N3/c1-13-4-5-14(15(12-13)17(2)3)6-9-18-10-7-16-8-11-18/h4-5,12,16H,6-11H2,1-3H3. The molecule has 0 bridgehead atoms. The molecule has 1 aliphatic rings. The zero-order valence-electron chi connectivity index (χ0n) is 11.9. The van der Waals surface area contributed by atoms with Gasteiger partial charge in [0.2, 0.25) is 0 Å². The van der Waals surface area contributed by atoms with Gasteiger partial charge < -0.3 is 15.1 Å². The van der Waals surface area contributed by atoms with Crippen molar-refractivity contribution in [2.75, 3.05) is 51.7 Å². The van der Waals surface area contributed by atoms with Crippen LogP contribution in [0, 0.1) is 6.92 Å². The van der Waals surface area contributed by atoms with Crippen LogP contribution >= 0.6 is 0 Å². The van der Waals surface area contributed by atoms with Crippen LogP contribution < -0.4 is 10.2 Å². The van der Waals surface area contributed by atoms with E-state index < -0.39 is 0 Å². The van der Waals surface area contributed by atoms with Gasteiger partial charge in [-0.05, 0) is 30.5 Å². The van der Waals surface area contributed by atoms with Gasteiger partial charge in [-0.2, -0.15) is 0 Å². The summed E-state index contributed by atoms with van der Waals surface area (Å²) in [6.07, 6.45) is 1.15. The summed E-state index contributed by atoms with van der Waals surface area (Å²) in [5.41, 5.74) is 4.17. The summed E-state index contributed by atoms with van der Waals surface area (Å²) in [4.78, 5) is 4.77. The van der Waals surface area contributed by atoms with Gasteiger partial charge in [0.1, 0.15) is 0 Å². The van der Waals surface area contributed by atoms with Crippen molar-refractivity contribution in [1.29, 1.82) is 0 Å². The molecule has 0 saturated carbocycles. The Labute approximate surface area is 111 Å². The van der Waals surface area contributed by atoms with Gasteiger partial charge in [0, 0.05) is 52.5 Å². The molecule has 3 heteroatoms. The summed E-state index contributed by atoms with van der Waals surface area (Å²) < 4.78 is 0. The lowest BCUT2D eigenvalue weighted by atomic mass is 10.1. The first-order valence-electron chi connectivity index (χ1n) is 6.87. The molecular formula is C15H25N3. The average Bonchev–Trinajstić information content (AvgIpc) is 2.38. The fourth-order valence-corrected chi connectivity index (χ4v) is 2.51. The molecular weight excluding hydrogens is 222 g/mol. The largest absolute Gasteiger partial charge is 0.377 e. The second-order valence-electron chi connectivity index (χ2n) is 5.37. The van der Waals surface area contributed by atoms with Gasteiger partial charge in [-0.15, -0.1) is 0 Å². The number of aryl methyl sites for hydroxylation is 1. The summed E-state index contributed by atoms with van der Waals surface area (Å²) in [5, 5.41) is 3.40. The first kappa shape index (κ1) is 13.4. The highest BCUT2D eigenvalue weighted by Gasteiger charge is 2.11. The van der Waals surface area contributed by atoms with Crippen LogP contribution in [0.4, 0.5) is 5.69 Å². The lowest BCUT2D eigenvalue weighted by Gasteiger charge is -2.28. The van der Waals surface area contributed by atoms with E-state index in [1.807, 2.05) is 0 Å². The SMILES string of the molecule is Cc1ccc(CCN2CCNCC2)c(N(C)C)c1. The smallest absolute Gasteiger partial charge is 0.0396 e. The number of nitrogens with zero attached hydrogens (tertiary/aromatic N) is 2. The Morgan fingerprint density at radius 3 is 2.61 bits per heavy atom. The Morgan fingerprint density at radius 1 is 1.22 bits per heavy atom. The Kier molecular flexibility index (Phi) is 4.61. The minimum Gasteiger partial charge on any atom is -0.377 e. The van der Waals surface area contributed by atoms with E-state index in [0.717, 1.165) is 19.5 Å². The van der Waals surface area contributed by atoms with Gasteiger partial charge >= 0.3 is 0 Å². The number of anilines is 1. The van der Waals surface area contributed by atoms with Gasteiger partial charge in [-0.25, -0.2) is 0 Å². The number of rotatable bonds is 4. The molecule has 0 atom stereocenters. The van der Waals surface area contributed by atoms with Crippen LogP contribution in [0.5, 0.6) is 0 Å². The summed E-state index contributed by atoms with van der Waals surface area (Å²) in [5.74, 6) is 0. The maximum absolute atomic E-state index is 3.40. The minimum absolute atomic E-state index is 1.13. The van der Waals surface area contributed by atoms with E-state index in [2.05, 4.69) is 54.3 Å². The zero-order chi connectivity index (χ0) is 13.0. The molecule has 1 aromatic rings. The molecule has 0 aliphatic carbocycles. The molecule has 0 aromatic heterocycles. The molecule has 1 N–H and O–H groups in total. The summed E-state index contributed by atoms with van der Waals surface area (Å²) in [6, 6.07) is 6.79. The molecule has 100 valence electrons. The maximum atomic E-state index is 3.40. The molecule has 0 amide bonds. The molecule has 0 unspecified atom stereocenters. The number of piperazine rings is 1. The van der Waals surface area contributed by atoms with Crippen molar-refractivity contribution >= 4 is 5.69 Å². The summed E-state index contributed by atoms with van der Waals surface area (Å²) >= 11 is 0. The number of nitrogens with one attached hydrogen (secondary N) is 1. The van der Waals surface area contributed by atoms with E-state index >= 15 is 0 Å². The topological polar surface area (TPSA) is 18.5 Å². The van der Waals surface area contributed by atoms with E-state index in [4.69, 9.17) is 0 Å². The highest BCUT2D eigenvalue weighted by molar-refractivity contribution is 5.54. The zero-order valence-corrected chi connectivity index (χ0v) is 11.9. The normalized spacial score (nSPS) is 16.8. The van der Waals surface area contributed by atoms with Crippen molar-refractivity contribution in [3.05, 3.63) is 29.3 Å². The number of hydrogen-bond acceptors (Lipinski definition) is 3. The third-order valence-electron chi connectivity index (χ3n) is 3.63. The molecule has 1 aromatic carbocycles. The van der Waals surface area contributed by atoms with Crippen LogP contribution in [0.15, 0.2) is 18.2 Å².